The number of nitrogens with zero attached hydrogens (tertiary/aromatic N) is 2. The van der Waals surface area contributed by atoms with Crippen LogP contribution in [0, 0.1) is 5.92 Å². The standard InChI is InChI=1S/C14H16BrClN2O/c1-9(10-4-5-19-8-10)18-13-3-2-11(15)6-12(13)17-14(18)7-16/h2-3,6,9-10H,4-5,7-8H2,1H3. The summed E-state index contributed by atoms with van der Waals surface area (Å²) in [4.78, 5) is 4.64. The SMILES string of the molecule is CC(C1CCOC1)n1c(CCl)nc2cc(Br)ccc21. The smallest absolute Gasteiger partial charge is 0.125 e. The molecule has 2 unspecified atom stereocenters. The summed E-state index contributed by atoms with van der Waals surface area (Å²) in [7, 11) is 0. The summed E-state index contributed by atoms with van der Waals surface area (Å²) in [6.07, 6.45) is 1.11. The van der Waals surface area contributed by atoms with Gasteiger partial charge in [0.1, 0.15) is 5.82 Å². The van der Waals surface area contributed by atoms with Crippen molar-refractivity contribution in [2.45, 2.75) is 25.3 Å². The highest BCUT2D eigenvalue weighted by Gasteiger charge is 2.26. The highest BCUT2D eigenvalue weighted by Crippen LogP contribution is 2.32. The van der Waals surface area contributed by atoms with Crippen LogP contribution in [0.25, 0.3) is 11.0 Å². The highest BCUT2D eigenvalue weighted by molar-refractivity contribution is 9.10. The fourth-order valence-corrected chi connectivity index (χ4v) is 3.35. The molecule has 1 aromatic heterocycles. The lowest BCUT2D eigenvalue weighted by Gasteiger charge is -2.22. The topological polar surface area (TPSA) is 27.1 Å². The van der Waals surface area contributed by atoms with Crippen molar-refractivity contribution >= 4 is 38.6 Å². The number of rotatable bonds is 3. The van der Waals surface area contributed by atoms with E-state index in [2.05, 4.69) is 44.5 Å². The van der Waals surface area contributed by atoms with E-state index < -0.39 is 0 Å². The number of fused-ring (bicyclic) bond motifs is 1. The molecule has 0 bridgehead atoms. The second kappa shape index (κ2) is 5.43. The molecule has 3 nitrogen and oxygen atoms in total. The molecular formula is C14H16BrClN2O. The Morgan fingerprint density at radius 3 is 3.11 bits per heavy atom. The summed E-state index contributed by atoms with van der Waals surface area (Å²) >= 11 is 9.56. The fraction of sp³-hybridized carbons (Fsp3) is 0.500. The lowest BCUT2D eigenvalue weighted by atomic mass is 10.0. The molecule has 1 saturated heterocycles. The van der Waals surface area contributed by atoms with E-state index in [1.165, 1.54) is 0 Å². The lowest BCUT2D eigenvalue weighted by molar-refractivity contribution is 0.175. The Labute approximate surface area is 126 Å². The molecule has 0 N–H and O–H groups in total. The first-order valence-corrected chi connectivity index (χ1v) is 7.83. The monoisotopic (exact) mass is 342 g/mol. The van der Waals surface area contributed by atoms with E-state index in [1.54, 1.807) is 0 Å². The van der Waals surface area contributed by atoms with Gasteiger partial charge in [0.05, 0.1) is 23.5 Å². The summed E-state index contributed by atoms with van der Waals surface area (Å²) in [6, 6.07) is 6.56. The largest absolute Gasteiger partial charge is 0.381 e. The third-order valence-corrected chi connectivity index (χ3v) is 4.63. The molecule has 5 heteroatoms. The quantitative estimate of drug-likeness (QED) is 0.783. The summed E-state index contributed by atoms with van der Waals surface area (Å²) in [5, 5.41) is 0. The molecule has 1 aliphatic heterocycles. The molecule has 0 amide bonds. The van der Waals surface area contributed by atoms with Gasteiger partial charge >= 0.3 is 0 Å². The molecule has 2 heterocycles. The van der Waals surface area contributed by atoms with Crippen LogP contribution in [0.3, 0.4) is 0 Å². The molecule has 0 radical (unpaired) electrons. The molecule has 0 spiro atoms. The summed E-state index contributed by atoms with van der Waals surface area (Å²) in [6.45, 7) is 3.93. The maximum atomic E-state index is 6.07. The molecule has 0 saturated carbocycles. The zero-order valence-electron chi connectivity index (χ0n) is 10.8. The first-order valence-electron chi connectivity index (χ1n) is 6.50. The van der Waals surface area contributed by atoms with Crippen molar-refractivity contribution < 1.29 is 4.74 Å². The zero-order valence-corrected chi connectivity index (χ0v) is 13.1. The minimum atomic E-state index is 0.363. The number of alkyl halides is 1. The molecule has 2 atom stereocenters. The van der Waals surface area contributed by atoms with Gasteiger partial charge in [-0.15, -0.1) is 11.6 Å². The summed E-state index contributed by atoms with van der Waals surface area (Å²) in [5.41, 5.74) is 2.15. The Hall–Kier alpha value is -0.580. The Morgan fingerprint density at radius 1 is 1.58 bits per heavy atom. The van der Waals surface area contributed by atoms with Gasteiger partial charge in [-0.05, 0) is 31.5 Å². The van der Waals surface area contributed by atoms with Crippen molar-refractivity contribution in [1.29, 1.82) is 0 Å². The normalized spacial score (nSPS) is 21.1. The summed E-state index contributed by atoms with van der Waals surface area (Å²) < 4.78 is 8.82. The minimum Gasteiger partial charge on any atom is -0.381 e. The van der Waals surface area contributed by atoms with E-state index in [4.69, 9.17) is 16.3 Å². The first kappa shape index (κ1) is 13.4. The number of ether oxygens (including phenoxy) is 1. The fourth-order valence-electron chi connectivity index (χ4n) is 2.81. The second-order valence-electron chi connectivity index (χ2n) is 5.03. The van der Waals surface area contributed by atoms with Crippen LogP contribution in [0.2, 0.25) is 0 Å². The number of hydrogen-bond donors (Lipinski definition) is 0. The Kier molecular flexibility index (Phi) is 3.83. The summed E-state index contributed by atoms with van der Waals surface area (Å²) in [5.74, 6) is 1.92. The lowest BCUT2D eigenvalue weighted by Crippen LogP contribution is -2.18. The number of hydrogen-bond acceptors (Lipinski definition) is 2. The van der Waals surface area contributed by atoms with Crippen LogP contribution >= 0.6 is 27.5 Å². The van der Waals surface area contributed by atoms with Gasteiger partial charge in [-0.25, -0.2) is 4.98 Å². The van der Waals surface area contributed by atoms with E-state index in [-0.39, 0.29) is 0 Å². The zero-order chi connectivity index (χ0) is 13.4. The van der Waals surface area contributed by atoms with Crippen molar-refractivity contribution in [3.63, 3.8) is 0 Å². The number of aromatic nitrogens is 2. The Bertz CT molecular complexity index is 592. The van der Waals surface area contributed by atoms with Gasteiger partial charge in [0.25, 0.3) is 0 Å². The second-order valence-corrected chi connectivity index (χ2v) is 6.21. The Morgan fingerprint density at radius 2 is 2.42 bits per heavy atom. The third kappa shape index (κ3) is 2.41. The maximum absolute atomic E-state index is 6.07. The molecule has 1 fully saturated rings. The van der Waals surface area contributed by atoms with E-state index in [1.807, 2.05) is 6.07 Å². The first-order chi connectivity index (χ1) is 9.20. The average Bonchev–Trinajstić information content (AvgIpc) is 3.04. The van der Waals surface area contributed by atoms with Crippen molar-refractivity contribution in [2.24, 2.45) is 5.92 Å². The van der Waals surface area contributed by atoms with E-state index in [0.29, 0.717) is 17.8 Å². The molecular weight excluding hydrogens is 328 g/mol. The molecule has 2 aromatic rings. The molecule has 1 aromatic carbocycles. The molecule has 0 aliphatic carbocycles. The van der Waals surface area contributed by atoms with Gasteiger partial charge in [-0.2, -0.15) is 0 Å². The van der Waals surface area contributed by atoms with Crippen LogP contribution in [-0.4, -0.2) is 22.8 Å². The molecule has 102 valence electrons. The number of imidazole rings is 1. The van der Waals surface area contributed by atoms with Crippen molar-refractivity contribution in [3.05, 3.63) is 28.5 Å². The minimum absolute atomic E-state index is 0.363. The van der Waals surface area contributed by atoms with Crippen LogP contribution < -0.4 is 0 Å². The van der Waals surface area contributed by atoms with E-state index in [9.17, 15) is 0 Å². The van der Waals surface area contributed by atoms with Gasteiger partial charge in [-0.1, -0.05) is 15.9 Å². The predicted molar refractivity (Wildman–Crippen MR) is 80.6 cm³/mol. The van der Waals surface area contributed by atoms with Crippen LogP contribution in [0.5, 0.6) is 0 Å². The van der Waals surface area contributed by atoms with Gasteiger partial charge in [-0.3, -0.25) is 0 Å². The maximum Gasteiger partial charge on any atom is 0.125 e. The van der Waals surface area contributed by atoms with Crippen molar-refractivity contribution in [1.82, 2.24) is 9.55 Å². The van der Waals surface area contributed by atoms with Gasteiger partial charge in [0, 0.05) is 23.0 Å². The predicted octanol–water partition coefficient (Wildman–Crippen LogP) is 4.14. The van der Waals surface area contributed by atoms with Crippen molar-refractivity contribution in [3.8, 4) is 0 Å². The average molecular weight is 344 g/mol. The molecule has 3 rings (SSSR count). The van der Waals surface area contributed by atoms with Crippen LogP contribution in [-0.2, 0) is 10.6 Å². The van der Waals surface area contributed by atoms with Gasteiger partial charge in [0.2, 0.25) is 0 Å². The third-order valence-electron chi connectivity index (χ3n) is 3.90. The van der Waals surface area contributed by atoms with Gasteiger partial charge < -0.3 is 9.30 Å². The van der Waals surface area contributed by atoms with E-state index in [0.717, 1.165) is 41.0 Å². The van der Waals surface area contributed by atoms with Crippen LogP contribution in [0.1, 0.15) is 25.2 Å². The number of halogens is 2. The van der Waals surface area contributed by atoms with Gasteiger partial charge in [0.15, 0.2) is 0 Å². The molecule has 1 aliphatic rings. The Balaban J connectivity index is 2.09. The van der Waals surface area contributed by atoms with Crippen LogP contribution in [0.4, 0.5) is 0 Å². The number of benzene rings is 1. The highest BCUT2D eigenvalue weighted by atomic mass is 79.9. The van der Waals surface area contributed by atoms with E-state index >= 15 is 0 Å². The molecule has 19 heavy (non-hydrogen) atoms. The van der Waals surface area contributed by atoms with Crippen LogP contribution in [0.15, 0.2) is 22.7 Å². The van der Waals surface area contributed by atoms with Crippen molar-refractivity contribution in [2.75, 3.05) is 13.2 Å².